The minimum absolute atomic E-state index is 0.0737. The summed E-state index contributed by atoms with van der Waals surface area (Å²) in [5, 5.41) is 0. The monoisotopic (exact) mass is 285 g/mol. The van der Waals surface area contributed by atoms with Gasteiger partial charge in [-0.2, -0.15) is 0 Å². The second-order valence-electron chi connectivity index (χ2n) is 4.75. The minimum atomic E-state index is -3.56. The number of aromatic nitrogens is 1. The molecule has 0 aromatic carbocycles. The van der Waals surface area contributed by atoms with Gasteiger partial charge in [0, 0.05) is 39.2 Å². The summed E-state index contributed by atoms with van der Waals surface area (Å²) >= 11 is 0. The number of nitrogens with zero attached hydrogens (tertiary/aromatic N) is 2. The topological polar surface area (TPSA) is 85.5 Å². The largest absolute Gasteiger partial charge is 0.398 e. The Hall–Kier alpha value is -1.18. The Morgan fingerprint density at radius 3 is 2.79 bits per heavy atom. The minimum Gasteiger partial charge on any atom is -0.398 e. The molecule has 0 bridgehead atoms. The van der Waals surface area contributed by atoms with Crippen LogP contribution in [0.2, 0.25) is 0 Å². The van der Waals surface area contributed by atoms with Crippen molar-refractivity contribution >= 4 is 15.7 Å². The summed E-state index contributed by atoms with van der Waals surface area (Å²) in [5.41, 5.74) is 5.94. The van der Waals surface area contributed by atoms with Crippen LogP contribution in [0.5, 0.6) is 0 Å². The molecule has 0 spiro atoms. The van der Waals surface area contributed by atoms with E-state index in [0.29, 0.717) is 25.7 Å². The third kappa shape index (κ3) is 3.23. The van der Waals surface area contributed by atoms with Crippen LogP contribution in [0.4, 0.5) is 5.69 Å². The van der Waals surface area contributed by atoms with Gasteiger partial charge in [-0.1, -0.05) is 0 Å². The molecule has 106 valence electrons. The molecule has 2 heterocycles. The molecule has 1 saturated heterocycles. The maximum absolute atomic E-state index is 12.4. The molecule has 2 N–H and O–H groups in total. The molecular formula is C12H19N3O3S. The lowest BCUT2D eigenvalue weighted by molar-refractivity contribution is 0.0620. The average Bonchev–Trinajstić information content (AvgIpc) is 2.40. The molecule has 0 atom stereocenters. The quantitative estimate of drug-likeness (QED) is 0.880. The van der Waals surface area contributed by atoms with Gasteiger partial charge < -0.3 is 10.5 Å². The van der Waals surface area contributed by atoms with Gasteiger partial charge in [0.2, 0.25) is 10.0 Å². The third-order valence-corrected chi connectivity index (χ3v) is 5.23. The van der Waals surface area contributed by atoms with E-state index in [2.05, 4.69) is 4.98 Å². The molecule has 1 aliphatic heterocycles. The van der Waals surface area contributed by atoms with E-state index in [1.54, 1.807) is 7.05 Å². The summed E-state index contributed by atoms with van der Waals surface area (Å²) in [6, 6.07) is 1.50. The molecule has 0 saturated carbocycles. The van der Waals surface area contributed by atoms with Crippen molar-refractivity contribution < 1.29 is 13.2 Å². The first kappa shape index (κ1) is 14.2. The van der Waals surface area contributed by atoms with Crippen LogP contribution in [-0.2, 0) is 14.8 Å². The van der Waals surface area contributed by atoms with Crippen LogP contribution < -0.4 is 5.73 Å². The molecule has 1 aromatic rings. The van der Waals surface area contributed by atoms with Crippen molar-refractivity contribution in [3.8, 4) is 0 Å². The molecule has 0 aliphatic carbocycles. The number of rotatable bonds is 4. The molecule has 1 fully saturated rings. The summed E-state index contributed by atoms with van der Waals surface area (Å²) in [6.07, 6.45) is 4.56. The fourth-order valence-corrected chi connectivity index (χ4v) is 3.47. The number of hydrogen-bond donors (Lipinski definition) is 1. The van der Waals surface area contributed by atoms with Crippen LogP contribution in [0, 0.1) is 5.92 Å². The fourth-order valence-electron chi connectivity index (χ4n) is 2.16. The van der Waals surface area contributed by atoms with Gasteiger partial charge in [0.05, 0.1) is 5.69 Å². The SMILES string of the molecule is CN(CC1CCOCC1)S(=O)(=O)c1cnccc1N. The molecule has 0 amide bonds. The smallest absolute Gasteiger partial charge is 0.246 e. The summed E-state index contributed by atoms with van der Waals surface area (Å²) in [6.45, 7) is 1.89. The number of nitrogens with two attached hydrogens (primary N) is 1. The average molecular weight is 285 g/mol. The van der Waals surface area contributed by atoms with Crippen molar-refractivity contribution in [2.75, 3.05) is 32.5 Å². The first-order valence-electron chi connectivity index (χ1n) is 6.25. The normalized spacial score (nSPS) is 17.8. The molecule has 2 rings (SSSR count). The Morgan fingerprint density at radius 1 is 1.47 bits per heavy atom. The Balaban J connectivity index is 2.13. The lowest BCUT2D eigenvalue weighted by atomic mass is 10.0. The van der Waals surface area contributed by atoms with E-state index in [0.717, 1.165) is 12.8 Å². The molecule has 0 unspecified atom stereocenters. The highest BCUT2D eigenvalue weighted by Crippen LogP contribution is 2.23. The number of hydrogen-bond acceptors (Lipinski definition) is 5. The molecule has 1 aliphatic rings. The van der Waals surface area contributed by atoms with E-state index in [4.69, 9.17) is 10.5 Å². The highest BCUT2D eigenvalue weighted by atomic mass is 32.2. The summed E-state index contributed by atoms with van der Waals surface area (Å²) in [5.74, 6) is 0.339. The van der Waals surface area contributed by atoms with Gasteiger partial charge in [0.15, 0.2) is 0 Å². The predicted octanol–water partition coefficient (Wildman–Crippen LogP) is 0.711. The maximum Gasteiger partial charge on any atom is 0.246 e. The van der Waals surface area contributed by atoms with Crippen LogP contribution >= 0.6 is 0 Å². The van der Waals surface area contributed by atoms with Gasteiger partial charge in [0.1, 0.15) is 4.90 Å². The Labute approximate surface area is 113 Å². The van der Waals surface area contributed by atoms with Crippen molar-refractivity contribution in [3.05, 3.63) is 18.5 Å². The predicted molar refractivity (Wildman–Crippen MR) is 72.0 cm³/mol. The number of sulfonamides is 1. The van der Waals surface area contributed by atoms with Crippen LogP contribution in [0.1, 0.15) is 12.8 Å². The summed E-state index contributed by atoms with van der Waals surface area (Å²) < 4.78 is 31.4. The second-order valence-corrected chi connectivity index (χ2v) is 6.77. The zero-order valence-electron chi connectivity index (χ0n) is 10.9. The number of pyridine rings is 1. The van der Waals surface area contributed by atoms with E-state index in [1.807, 2.05) is 0 Å². The Morgan fingerprint density at radius 2 is 2.16 bits per heavy atom. The van der Waals surface area contributed by atoms with Crippen LogP contribution in [0.3, 0.4) is 0 Å². The zero-order chi connectivity index (χ0) is 13.9. The number of ether oxygens (including phenoxy) is 1. The molecular weight excluding hydrogens is 266 g/mol. The van der Waals surface area contributed by atoms with Crippen LogP contribution in [0.15, 0.2) is 23.4 Å². The second kappa shape index (κ2) is 5.85. The van der Waals surface area contributed by atoms with Gasteiger partial charge in [-0.25, -0.2) is 12.7 Å². The van der Waals surface area contributed by atoms with Gasteiger partial charge in [-0.3, -0.25) is 4.98 Å². The van der Waals surface area contributed by atoms with Crippen molar-refractivity contribution in [2.24, 2.45) is 5.92 Å². The van der Waals surface area contributed by atoms with Gasteiger partial charge in [-0.15, -0.1) is 0 Å². The van der Waals surface area contributed by atoms with E-state index < -0.39 is 10.0 Å². The Bertz CT molecular complexity index is 527. The van der Waals surface area contributed by atoms with E-state index in [1.165, 1.54) is 22.8 Å². The van der Waals surface area contributed by atoms with Gasteiger partial charge >= 0.3 is 0 Å². The lowest BCUT2D eigenvalue weighted by Crippen LogP contribution is -2.34. The van der Waals surface area contributed by atoms with E-state index in [9.17, 15) is 8.42 Å². The summed E-state index contributed by atoms with van der Waals surface area (Å²) in [7, 11) is -1.98. The molecule has 19 heavy (non-hydrogen) atoms. The van der Waals surface area contributed by atoms with Crippen molar-refractivity contribution in [2.45, 2.75) is 17.7 Å². The molecule has 6 nitrogen and oxygen atoms in total. The highest BCUT2D eigenvalue weighted by molar-refractivity contribution is 7.89. The molecule has 0 radical (unpaired) electrons. The van der Waals surface area contributed by atoms with Crippen LogP contribution in [0.25, 0.3) is 0 Å². The van der Waals surface area contributed by atoms with Crippen molar-refractivity contribution in [1.29, 1.82) is 0 Å². The zero-order valence-corrected chi connectivity index (χ0v) is 11.8. The first-order valence-corrected chi connectivity index (χ1v) is 7.69. The van der Waals surface area contributed by atoms with E-state index in [-0.39, 0.29) is 10.6 Å². The highest BCUT2D eigenvalue weighted by Gasteiger charge is 2.26. The summed E-state index contributed by atoms with van der Waals surface area (Å²) in [4.78, 5) is 3.91. The number of nitrogen functional groups attached to an aromatic ring is 1. The standard InChI is InChI=1S/C12H19N3O3S/c1-15(9-10-3-6-18-7-4-10)19(16,17)12-8-14-5-2-11(12)13/h2,5,8,10H,3-4,6-7,9H2,1H3,(H2,13,14). The van der Waals surface area contributed by atoms with Gasteiger partial charge in [-0.05, 0) is 24.8 Å². The first-order chi connectivity index (χ1) is 9.01. The van der Waals surface area contributed by atoms with Crippen LogP contribution in [-0.4, -0.2) is 44.5 Å². The maximum atomic E-state index is 12.4. The number of anilines is 1. The van der Waals surface area contributed by atoms with Crippen molar-refractivity contribution in [3.63, 3.8) is 0 Å². The van der Waals surface area contributed by atoms with Gasteiger partial charge in [0.25, 0.3) is 0 Å². The molecule has 7 heteroatoms. The van der Waals surface area contributed by atoms with Crippen molar-refractivity contribution in [1.82, 2.24) is 9.29 Å². The fraction of sp³-hybridized carbons (Fsp3) is 0.583. The Kier molecular flexibility index (Phi) is 4.38. The molecule has 1 aromatic heterocycles. The lowest BCUT2D eigenvalue weighted by Gasteiger charge is -2.26. The van der Waals surface area contributed by atoms with E-state index >= 15 is 0 Å². The third-order valence-electron chi connectivity index (χ3n) is 3.36.